The van der Waals surface area contributed by atoms with Gasteiger partial charge in [-0.25, -0.2) is 9.18 Å². The Hall–Kier alpha value is -3.18. The Labute approximate surface area is 187 Å². The number of carbonyl (C=O) groups is 2. The number of nitro groups is 1. The third-order valence-electron chi connectivity index (χ3n) is 4.94. The highest BCUT2D eigenvalue weighted by molar-refractivity contribution is 7.92. The number of nitro benzene ring substituents is 1. The molecule has 3 rings (SSSR count). The summed E-state index contributed by atoms with van der Waals surface area (Å²) in [4.78, 5) is 38.6. The Bertz CT molecular complexity index is 1010. The number of amides is 1. The van der Waals surface area contributed by atoms with Crippen LogP contribution in [-0.4, -0.2) is 64.8 Å². The van der Waals surface area contributed by atoms with Gasteiger partial charge in [-0.1, -0.05) is 6.07 Å². The normalized spacial score (nSPS) is 14.7. The minimum absolute atomic E-state index is 0.0905. The first-order valence-corrected chi connectivity index (χ1v) is 11.2. The van der Waals surface area contributed by atoms with Crippen molar-refractivity contribution in [2.24, 2.45) is 0 Å². The molecular formula is C21H22FN3O6S. The van der Waals surface area contributed by atoms with E-state index in [1.54, 1.807) is 24.0 Å². The number of piperazine rings is 1. The van der Waals surface area contributed by atoms with Crippen molar-refractivity contribution < 1.29 is 28.2 Å². The Morgan fingerprint density at radius 1 is 1.16 bits per heavy atom. The number of ether oxygens (including phenoxy) is 1. The number of carbonyl (C=O) groups excluding carboxylic acids is 2. The third-order valence-corrected chi connectivity index (χ3v) is 6.28. The predicted molar refractivity (Wildman–Crippen MR) is 116 cm³/mol. The van der Waals surface area contributed by atoms with Gasteiger partial charge in [0.15, 0.2) is 0 Å². The summed E-state index contributed by atoms with van der Waals surface area (Å²) in [6.07, 6.45) is 0. The van der Waals surface area contributed by atoms with Crippen LogP contribution in [0.15, 0.2) is 47.4 Å². The molecule has 11 heteroatoms. The van der Waals surface area contributed by atoms with Gasteiger partial charge in [-0.2, -0.15) is 0 Å². The molecule has 2 aromatic rings. The van der Waals surface area contributed by atoms with E-state index in [0.29, 0.717) is 26.2 Å². The molecule has 32 heavy (non-hydrogen) atoms. The molecule has 1 atom stereocenters. The predicted octanol–water partition coefficient (Wildman–Crippen LogP) is 2.37. The van der Waals surface area contributed by atoms with E-state index in [4.69, 9.17) is 4.74 Å². The van der Waals surface area contributed by atoms with Crippen molar-refractivity contribution in [2.45, 2.75) is 11.8 Å². The zero-order valence-corrected chi connectivity index (χ0v) is 18.2. The first kappa shape index (κ1) is 23.5. The van der Waals surface area contributed by atoms with Crippen LogP contribution >= 0.6 is 0 Å². The van der Waals surface area contributed by atoms with Crippen molar-refractivity contribution in [3.8, 4) is 0 Å². The molecule has 9 nitrogen and oxygen atoms in total. The van der Waals surface area contributed by atoms with Crippen LogP contribution in [0.5, 0.6) is 0 Å². The molecule has 0 aliphatic carbocycles. The van der Waals surface area contributed by atoms with Gasteiger partial charge in [0.05, 0.1) is 11.5 Å². The van der Waals surface area contributed by atoms with Crippen LogP contribution < -0.4 is 4.90 Å². The van der Waals surface area contributed by atoms with Crippen molar-refractivity contribution in [1.29, 1.82) is 0 Å². The molecule has 0 saturated carbocycles. The fourth-order valence-corrected chi connectivity index (χ4v) is 4.44. The van der Waals surface area contributed by atoms with Gasteiger partial charge >= 0.3 is 11.7 Å². The van der Waals surface area contributed by atoms with Crippen molar-refractivity contribution >= 4 is 34.4 Å². The topological polar surface area (TPSA) is 116 Å². The fraction of sp³-hybridized carbons (Fsp3) is 0.333. The van der Waals surface area contributed by atoms with Crippen LogP contribution in [0, 0.1) is 15.9 Å². The molecule has 170 valence electrons. The van der Waals surface area contributed by atoms with Crippen LogP contribution in [0.1, 0.15) is 17.3 Å². The van der Waals surface area contributed by atoms with Crippen LogP contribution in [-0.2, 0) is 20.7 Å². The molecule has 1 fully saturated rings. The summed E-state index contributed by atoms with van der Waals surface area (Å²) >= 11 is -1.98. The Morgan fingerprint density at radius 3 is 2.50 bits per heavy atom. The zero-order valence-electron chi connectivity index (χ0n) is 17.4. The van der Waals surface area contributed by atoms with Gasteiger partial charge in [0.2, 0.25) is 10.6 Å². The number of anilines is 1. The van der Waals surface area contributed by atoms with E-state index in [2.05, 4.69) is 0 Å². The largest absolute Gasteiger partial charge is 0.611 e. The smallest absolute Gasteiger partial charge is 0.356 e. The third kappa shape index (κ3) is 5.54. The highest BCUT2D eigenvalue weighted by Crippen LogP contribution is 2.27. The molecule has 1 aliphatic heterocycles. The number of esters is 1. The number of hydrogen-bond acceptors (Lipinski definition) is 7. The average Bonchev–Trinajstić information content (AvgIpc) is 2.78. The van der Waals surface area contributed by atoms with Crippen LogP contribution in [0.25, 0.3) is 0 Å². The lowest BCUT2D eigenvalue weighted by Gasteiger charge is -2.36. The number of halogens is 1. The van der Waals surface area contributed by atoms with Gasteiger partial charge < -0.3 is 19.1 Å². The summed E-state index contributed by atoms with van der Waals surface area (Å²) in [5.74, 6) is -1.97. The number of nitrogens with zero attached hydrogens (tertiary/aromatic N) is 3. The Kier molecular flexibility index (Phi) is 7.65. The molecule has 1 saturated heterocycles. The monoisotopic (exact) mass is 463 g/mol. The zero-order chi connectivity index (χ0) is 23.3. The molecule has 1 aliphatic rings. The first-order valence-electron chi connectivity index (χ1n) is 9.92. The molecule has 0 bridgehead atoms. The van der Waals surface area contributed by atoms with Gasteiger partial charge in [0.1, 0.15) is 5.82 Å². The lowest BCUT2D eigenvalue weighted by atomic mass is 10.1. The van der Waals surface area contributed by atoms with Gasteiger partial charge in [-0.05, 0) is 31.2 Å². The molecule has 0 N–H and O–H groups in total. The number of rotatable bonds is 7. The van der Waals surface area contributed by atoms with Crippen molar-refractivity contribution in [3.63, 3.8) is 0 Å². The summed E-state index contributed by atoms with van der Waals surface area (Å²) < 4.78 is 30.6. The molecule has 0 aromatic heterocycles. The second kappa shape index (κ2) is 10.4. The van der Waals surface area contributed by atoms with Crippen molar-refractivity contribution in [1.82, 2.24) is 4.90 Å². The van der Waals surface area contributed by atoms with E-state index in [0.717, 1.165) is 11.8 Å². The van der Waals surface area contributed by atoms with Gasteiger partial charge in [-0.3, -0.25) is 14.9 Å². The summed E-state index contributed by atoms with van der Waals surface area (Å²) in [5, 5.41) is 11.5. The molecule has 1 unspecified atom stereocenters. The lowest BCUT2D eigenvalue weighted by molar-refractivity contribution is -0.387. The van der Waals surface area contributed by atoms with Gasteiger partial charge in [0, 0.05) is 60.7 Å². The van der Waals surface area contributed by atoms with E-state index < -0.39 is 39.4 Å². The van der Waals surface area contributed by atoms with E-state index in [-0.39, 0.29) is 22.9 Å². The highest BCUT2D eigenvalue weighted by atomic mass is 32.2. The quantitative estimate of drug-likeness (QED) is 0.268. The van der Waals surface area contributed by atoms with Crippen molar-refractivity contribution in [2.75, 3.05) is 43.4 Å². The van der Waals surface area contributed by atoms with E-state index >= 15 is 0 Å². The van der Waals surface area contributed by atoms with E-state index in [1.165, 1.54) is 24.3 Å². The Morgan fingerprint density at radius 2 is 1.88 bits per heavy atom. The minimum Gasteiger partial charge on any atom is -0.611 e. The number of hydrogen-bond donors (Lipinski definition) is 0. The van der Waals surface area contributed by atoms with E-state index in [1.807, 2.05) is 4.90 Å². The van der Waals surface area contributed by atoms with Crippen LogP contribution in [0.2, 0.25) is 0 Å². The van der Waals surface area contributed by atoms with Crippen LogP contribution in [0.4, 0.5) is 15.8 Å². The highest BCUT2D eigenvalue weighted by Gasteiger charge is 2.30. The molecule has 0 spiro atoms. The van der Waals surface area contributed by atoms with E-state index in [9.17, 15) is 28.6 Å². The molecule has 1 amide bonds. The molecule has 2 aromatic carbocycles. The summed E-state index contributed by atoms with van der Waals surface area (Å²) in [7, 11) is 0. The maximum absolute atomic E-state index is 13.5. The molecule has 0 radical (unpaired) electrons. The second-order valence-electron chi connectivity index (χ2n) is 6.99. The average molecular weight is 463 g/mol. The van der Waals surface area contributed by atoms with Crippen molar-refractivity contribution in [3.05, 3.63) is 64.0 Å². The molecule has 1 heterocycles. The van der Waals surface area contributed by atoms with Gasteiger partial charge in [-0.15, -0.1) is 0 Å². The summed E-state index contributed by atoms with van der Waals surface area (Å²) in [6, 6.07) is 9.89. The second-order valence-corrected chi connectivity index (χ2v) is 8.41. The summed E-state index contributed by atoms with van der Waals surface area (Å²) in [5.41, 5.74) is 0.325. The first-order chi connectivity index (χ1) is 15.3. The fourth-order valence-electron chi connectivity index (χ4n) is 3.40. The van der Waals surface area contributed by atoms with Gasteiger partial charge in [0.25, 0.3) is 5.91 Å². The minimum atomic E-state index is -1.98. The molecular weight excluding hydrogens is 441 g/mol. The summed E-state index contributed by atoms with van der Waals surface area (Å²) in [6.45, 7) is 3.40. The van der Waals surface area contributed by atoms with Crippen LogP contribution in [0.3, 0.4) is 0 Å². The number of benzene rings is 2. The SMILES string of the molecule is CCOC(=O)C[S+]([O-])c1ccc(C(=O)N2CCN(c3cccc(F)c3)CC2)cc1[N+](=O)[O-]. The maximum Gasteiger partial charge on any atom is 0.356 e. The lowest BCUT2D eigenvalue weighted by Crippen LogP contribution is -2.48. The Balaban J connectivity index is 1.71. The standard InChI is InChI=1S/C21H22FN3O6S/c1-2-31-20(26)14-32(30)19-7-6-15(12-18(19)25(28)29)21(27)24-10-8-23(9-11-24)17-5-3-4-16(22)13-17/h3-7,12-13H,2,8-11,14H2,1H3. The maximum atomic E-state index is 13.5.